The first-order chi connectivity index (χ1) is 13.0. The van der Waals surface area contributed by atoms with E-state index in [9.17, 15) is 8.42 Å². The molecule has 1 atom stereocenters. The molecule has 1 N–H and O–H groups in total. The number of nitrogens with one attached hydrogen (secondary N) is 1. The molecule has 1 aromatic heterocycles. The highest BCUT2D eigenvalue weighted by Crippen LogP contribution is 2.28. The number of hydrogen-bond acceptors (Lipinski definition) is 7. The van der Waals surface area contributed by atoms with E-state index in [0.717, 1.165) is 11.1 Å². The van der Waals surface area contributed by atoms with Gasteiger partial charge in [0.1, 0.15) is 15.8 Å². The predicted molar refractivity (Wildman–Crippen MR) is 108 cm³/mol. The van der Waals surface area contributed by atoms with Gasteiger partial charge in [-0.3, -0.25) is 0 Å². The van der Waals surface area contributed by atoms with Crippen molar-refractivity contribution in [3.05, 3.63) is 70.2 Å². The molecular formula is C18H15ClN4O2S2. The lowest BCUT2D eigenvalue weighted by Crippen LogP contribution is -2.23. The van der Waals surface area contributed by atoms with Gasteiger partial charge in [-0.2, -0.15) is 5.10 Å². The second-order valence-electron chi connectivity index (χ2n) is 6.04. The molecule has 1 aliphatic heterocycles. The monoisotopic (exact) mass is 418 g/mol. The van der Waals surface area contributed by atoms with Crippen molar-refractivity contribution >= 4 is 37.8 Å². The average molecular weight is 419 g/mol. The van der Waals surface area contributed by atoms with E-state index in [1.807, 2.05) is 42.5 Å². The Morgan fingerprint density at radius 3 is 2.56 bits per heavy atom. The molecule has 0 bridgehead atoms. The van der Waals surface area contributed by atoms with Gasteiger partial charge in [-0.25, -0.2) is 8.42 Å². The van der Waals surface area contributed by atoms with Gasteiger partial charge in [0.25, 0.3) is 0 Å². The third kappa shape index (κ3) is 3.87. The molecule has 0 radical (unpaired) electrons. The zero-order chi connectivity index (χ0) is 18.9. The fourth-order valence-electron chi connectivity index (χ4n) is 2.87. The average Bonchev–Trinajstić information content (AvgIpc) is 3.33. The number of halogens is 1. The summed E-state index contributed by atoms with van der Waals surface area (Å²) in [6, 6.07) is 16.7. The smallest absolute Gasteiger partial charge is 0.200 e. The van der Waals surface area contributed by atoms with Crippen molar-refractivity contribution in [3.8, 4) is 10.6 Å². The summed E-state index contributed by atoms with van der Waals surface area (Å²) < 4.78 is 25.9. The molecule has 3 aromatic rings. The van der Waals surface area contributed by atoms with Crippen molar-refractivity contribution < 1.29 is 8.42 Å². The van der Waals surface area contributed by atoms with Crippen LogP contribution in [0.25, 0.3) is 10.6 Å². The van der Waals surface area contributed by atoms with Crippen molar-refractivity contribution in [3.63, 3.8) is 0 Å². The number of benzene rings is 2. The van der Waals surface area contributed by atoms with Crippen molar-refractivity contribution in [1.29, 1.82) is 0 Å². The standard InChI is InChI=1S/C18H15ClN4O2S2/c19-14-8-6-13(7-9-14)17-22-21-16(26-17)11-27(24,25)18-15(10-20-23-18)12-4-2-1-3-5-12/h1-9,15,20H,10-11H2. The van der Waals surface area contributed by atoms with E-state index >= 15 is 0 Å². The minimum absolute atomic E-state index is 0.150. The van der Waals surface area contributed by atoms with Gasteiger partial charge in [0.2, 0.25) is 9.84 Å². The van der Waals surface area contributed by atoms with Crippen LogP contribution in [0.3, 0.4) is 0 Å². The van der Waals surface area contributed by atoms with Crippen molar-refractivity contribution in [2.45, 2.75) is 11.7 Å². The Bertz CT molecular complexity index is 1080. The summed E-state index contributed by atoms with van der Waals surface area (Å²) in [5, 5.41) is 14.1. The maximum absolute atomic E-state index is 12.9. The number of nitrogens with zero attached hydrogens (tertiary/aromatic N) is 3. The van der Waals surface area contributed by atoms with Gasteiger partial charge in [0, 0.05) is 17.1 Å². The Balaban J connectivity index is 1.56. The molecule has 4 rings (SSSR count). The lowest BCUT2D eigenvalue weighted by molar-refractivity contribution is 0.605. The minimum Gasteiger partial charge on any atom is -0.308 e. The zero-order valence-electron chi connectivity index (χ0n) is 14.0. The number of sulfone groups is 1. The van der Waals surface area contributed by atoms with E-state index in [4.69, 9.17) is 11.6 Å². The third-order valence-corrected chi connectivity index (χ3v) is 7.25. The van der Waals surface area contributed by atoms with Crippen molar-refractivity contribution in [1.82, 2.24) is 15.6 Å². The summed E-state index contributed by atoms with van der Waals surface area (Å²) in [5.74, 6) is -0.512. The molecule has 1 aliphatic rings. The number of hydrogen-bond donors (Lipinski definition) is 1. The van der Waals surface area contributed by atoms with Crippen LogP contribution >= 0.6 is 22.9 Å². The minimum atomic E-state index is -3.61. The molecule has 0 aliphatic carbocycles. The summed E-state index contributed by atoms with van der Waals surface area (Å²) in [6.45, 7) is 0.463. The molecule has 0 spiro atoms. The molecule has 27 heavy (non-hydrogen) atoms. The largest absolute Gasteiger partial charge is 0.308 e. The normalized spacial score (nSPS) is 16.8. The van der Waals surface area contributed by atoms with Crippen molar-refractivity contribution in [2.24, 2.45) is 5.10 Å². The fourth-order valence-corrected chi connectivity index (χ4v) is 5.72. The summed E-state index contributed by atoms with van der Waals surface area (Å²) >= 11 is 7.15. The van der Waals surface area contributed by atoms with Gasteiger partial charge in [-0.1, -0.05) is 65.4 Å². The molecule has 6 nitrogen and oxygen atoms in total. The predicted octanol–water partition coefficient (Wildman–Crippen LogP) is 3.47. The number of hydrazone groups is 1. The van der Waals surface area contributed by atoms with E-state index in [0.29, 0.717) is 21.6 Å². The molecule has 0 saturated heterocycles. The van der Waals surface area contributed by atoms with E-state index in [-0.39, 0.29) is 16.7 Å². The Kier molecular flexibility index (Phi) is 4.94. The fraction of sp³-hybridized carbons (Fsp3) is 0.167. The Labute approximate surface area is 165 Å². The third-order valence-electron chi connectivity index (χ3n) is 4.17. The lowest BCUT2D eigenvalue weighted by atomic mass is 10.0. The molecule has 138 valence electrons. The van der Waals surface area contributed by atoms with Crippen LogP contribution in [0, 0.1) is 0 Å². The van der Waals surface area contributed by atoms with Crippen LogP contribution in [0.15, 0.2) is 59.7 Å². The van der Waals surface area contributed by atoms with Gasteiger partial charge in [-0.05, 0) is 17.7 Å². The van der Waals surface area contributed by atoms with E-state index in [1.165, 1.54) is 11.3 Å². The molecule has 0 fully saturated rings. The Hall–Kier alpha value is -2.29. The summed E-state index contributed by atoms with van der Waals surface area (Å²) in [5.41, 5.74) is 4.58. The summed E-state index contributed by atoms with van der Waals surface area (Å²) in [7, 11) is -3.61. The highest BCUT2D eigenvalue weighted by molar-refractivity contribution is 8.05. The Morgan fingerprint density at radius 2 is 1.81 bits per heavy atom. The molecule has 1 unspecified atom stereocenters. The quantitative estimate of drug-likeness (QED) is 0.701. The second-order valence-corrected chi connectivity index (χ2v) is 9.48. The second kappa shape index (κ2) is 7.38. The SMILES string of the molecule is O=S(=O)(Cc1nnc(-c2ccc(Cl)cc2)s1)C1=NNCC1c1ccccc1. The van der Waals surface area contributed by atoms with E-state index < -0.39 is 9.84 Å². The first-order valence-electron chi connectivity index (χ1n) is 8.19. The zero-order valence-corrected chi connectivity index (χ0v) is 16.4. The van der Waals surface area contributed by atoms with Gasteiger partial charge in [0.05, 0.1) is 5.92 Å². The molecule has 0 amide bonds. The van der Waals surface area contributed by atoms with Gasteiger partial charge >= 0.3 is 0 Å². The number of aromatic nitrogens is 2. The van der Waals surface area contributed by atoms with Crippen molar-refractivity contribution in [2.75, 3.05) is 6.54 Å². The van der Waals surface area contributed by atoms with E-state index in [2.05, 4.69) is 20.7 Å². The van der Waals surface area contributed by atoms with Crippen LogP contribution in [0.1, 0.15) is 16.5 Å². The molecule has 0 saturated carbocycles. The molecular weight excluding hydrogens is 404 g/mol. The summed E-state index contributed by atoms with van der Waals surface area (Å²) in [6.07, 6.45) is 0. The lowest BCUT2D eigenvalue weighted by Gasteiger charge is -2.11. The van der Waals surface area contributed by atoms with Gasteiger partial charge in [0.15, 0.2) is 5.04 Å². The van der Waals surface area contributed by atoms with Crippen LogP contribution in [-0.4, -0.2) is 30.2 Å². The first-order valence-corrected chi connectivity index (χ1v) is 11.0. The van der Waals surface area contributed by atoms with Crippen LogP contribution in [0.4, 0.5) is 0 Å². The van der Waals surface area contributed by atoms with Crippen LogP contribution in [0.2, 0.25) is 5.02 Å². The topological polar surface area (TPSA) is 84.3 Å². The maximum atomic E-state index is 12.9. The first kappa shape index (κ1) is 18.1. The van der Waals surface area contributed by atoms with Gasteiger partial charge in [-0.15, -0.1) is 10.2 Å². The van der Waals surface area contributed by atoms with Crippen LogP contribution in [0.5, 0.6) is 0 Å². The highest BCUT2D eigenvalue weighted by atomic mass is 35.5. The maximum Gasteiger partial charge on any atom is 0.200 e. The highest BCUT2D eigenvalue weighted by Gasteiger charge is 2.34. The van der Waals surface area contributed by atoms with Crippen LogP contribution in [-0.2, 0) is 15.6 Å². The van der Waals surface area contributed by atoms with Crippen LogP contribution < -0.4 is 5.43 Å². The molecule has 2 heterocycles. The Morgan fingerprint density at radius 1 is 1.07 bits per heavy atom. The molecule has 2 aromatic carbocycles. The summed E-state index contributed by atoms with van der Waals surface area (Å²) in [4.78, 5) is 0. The number of rotatable bonds is 4. The van der Waals surface area contributed by atoms with Gasteiger partial charge < -0.3 is 5.43 Å². The van der Waals surface area contributed by atoms with E-state index in [1.54, 1.807) is 12.1 Å². The molecule has 9 heteroatoms.